The van der Waals surface area contributed by atoms with Crippen LogP contribution in [-0.4, -0.2) is 26.9 Å². The minimum atomic E-state index is 0.254. The van der Waals surface area contributed by atoms with Crippen LogP contribution in [0.25, 0.3) is 0 Å². The summed E-state index contributed by atoms with van der Waals surface area (Å²) < 4.78 is 11.7. The standard InChI is InChI=1S/C13H18BrNO2/c1-9-4-10(14)5-11(16-3)12(9)15-6-13(2)7-17-8-13/h4-5,15H,6-8H2,1-3H3. The maximum Gasteiger partial charge on any atom is 0.143 e. The first-order valence-electron chi connectivity index (χ1n) is 5.70. The number of halogens is 1. The second kappa shape index (κ2) is 4.86. The Balaban J connectivity index is 2.14. The van der Waals surface area contributed by atoms with Crippen molar-refractivity contribution in [3.05, 3.63) is 22.2 Å². The first-order valence-corrected chi connectivity index (χ1v) is 6.49. The summed E-state index contributed by atoms with van der Waals surface area (Å²) in [6, 6.07) is 4.07. The third-order valence-corrected chi connectivity index (χ3v) is 3.53. The molecule has 1 saturated heterocycles. The molecule has 1 aromatic carbocycles. The van der Waals surface area contributed by atoms with Crippen molar-refractivity contribution in [2.24, 2.45) is 5.41 Å². The van der Waals surface area contributed by atoms with Crippen molar-refractivity contribution in [1.82, 2.24) is 0 Å². The molecule has 1 N–H and O–H groups in total. The van der Waals surface area contributed by atoms with E-state index in [0.29, 0.717) is 0 Å². The van der Waals surface area contributed by atoms with E-state index in [4.69, 9.17) is 9.47 Å². The third kappa shape index (κ3) is 2.75. The van der Waals surface area contributed by atoms with Gasteiger partial charge in [-0.2, -0.15) is 0 Å². The number of ether oxygens (including phenoxy) is 2. The van der Waals surface area contributed by atoms with Crippen LogP contribution in [0.5, 0.6) is 5.75 Å². The number of hydrogen-bond donors (Lipinski definition) is 1. The predicted molar refractivity (Wildman–Crippen MR) is 72.8 cm³/mol. The highest BCUT2D eigenvalue weighted by Crippen LogP contribution is 2.34. The lowest BCUT2D eigenvalue weighted by molar-refractivity contribution is -0.0924. The topological polar surface area (TPSA) is 30.5 Å². The second-order valence-corrected chi connectivity index (χ2v) is 5.87. The maximum atomic E-state index is 5.40. The Bertz CT molecular complexity index is 416. The third-order valence-electron chi connectivity index (χ3n) is 3.08. The lowest BCUT2D eigenvalue weighted by atomic mass is 9.88. The van der Waals surface area contributed by atoms with Gasteiger partial charge in [0.2, 0.25) is 0 Å². The van der Waals surface area contributed by atoms with E-state index in [0.717, 1.165) is 35.7 Å². The molecule has 94 valence electrons. The van der Waals surface area contributed by atoms with Crippen molar-refractivity contribution in [3.8, 4) is 5.75 Å². The fourth-order valence-electron chi connectivity index (χ4n) is 1.95. The minimum Gasteiger partial charge on any atom is -0.495 e. The van der Waals surface area contributed by atoms with Crippen LogP contribution in [0.3, 0.4) is 0 Å². The number of rotatable bonds is 4. The first kappa shape index (κ1) is 12.7. The molecule has 0 bridgehead atoms. The highest BCUT2D eigenvalue weighted by atomic mass is 79.9. The normalized spacial score (nSPS) is 17.4. The summed E-state index contributed by atoms with van der Waals surface area (Å²) >= 11 is 3.48. The average molecular weight is 300 g/mol. The van der Waals surface area contributed by atoms with Gasteiger partial charge in [0, 0.05) is 16.4 Å². The Morgan fingerprint density at radius 1 is 1.47 bits per heavy atom. The molecule has 0 amide bonds. The van der Waals surface area contributed by atoms with E-state index in [1.165, 1.54) is 5.56 Å². The van der Waals surface area contributed by atoms with Gasteiger partial charge in [0.05, 0.1) is 26.0 Å². The molecule has 1 aliphatic rings. The van der Waals surface area contributed by atoms with Gasteiger partial charge in [-0.3, -0.25) is 0 Å². The van der Waals surface area contributed by atoms with E-state index in [2.05, 4.69) is 41.2 Å². The lowest BCUT2D eigenvalue weighted by Gasteiger charge is -2.38. The Morgan fingerprint density at radius 2 is 2.18 bits per heavy atom. The van der Waals surface area contributed by atoms with Gasteiger partial charge in [0.15, 0.2) is 0 Å². The lowest BCUT2D eigenvalue weighted by Crippen LogP contribution is -2.45. The molecule has 3 nitrogen and oxygen atoms in total. The molecule has 4 heteroatoms. The molecule has 1 aromatic rings. The molecule has 1 aliphatic heterocycles. The van der Waals surface area contributed by atoms with Crippen molar-refractivity contribution in [1.29, 1.82) is 0 Å². The number of nitrogens with one attached hydrogen (secondary N) is 1. The summed E-state index contributed by atoms with van der Waals surface area (Å²) in [6.07, 6.45) is 0. The number of anilines is 1. The molecule has 0 aliphatic carbocycles. The summed E-state index contributed by atoms with van der Waals surface area (Å²) in [5, 5.41) is 3.48. The Hall–Kier alpha value is -0.740. The highest BCUT2D eigenvalue weighted by Gasteiger charge is 2.33. The Morgan fingerprint density at radius 3 is 2.71 bits per heavy atom. The van der Waals surface area contributed by atoms with Crippen LogP contribution < -0.4 is 10.1 Å². The summed E-state index contributed by atoms with van der Waals surface area (Å²) in [4.78, 5) is 0. The number of aryl methyl sites for hydroxylation is 1. The molecule has 1 heterocycles. The highest BCUT2D eigenvalue weighted by molar-refractivity contribution is 9.10. The van der Waals surface area contributed by atoms with Crippen molar-refractivity contribution < 1.29 is 9.47 Å². The molecule has 17 heavy (non-hydrogen) atoms. The van der Waals surface area contributed by atoms with Crippen molar-refractivity contribution in [2.45, 2.75) is 13.8 Å². The van der Waals surface area contributed by atoms with Crippen molar-refractivity contribution in [2.75, 3.05) is 32.2 Å². The van der Waals surface area contributed by atoms with Crippen LogP contribution in [0.1, 0.15) is 12.5 Å². The molecule has 0 spiro atoms. The average Bonchev–Trinajstić information content (AvgIpc) is 2.24. The Kier molecular flexibility index (Phi) is 3.64. The summed E-state index contributed by atoms with van der Waals surface area (Å²) in [5.41, 5.74) is 2.51. The van der Waals surface area contributed by atoms with Gasteiger partial charge in [0.25, 0.3) is 0 Å². The predicted octanol–water partition coefficient (Wildman–Crippen LogP) is 3.21. The van der Waals surface area contributed by atoms with E-state index in [1.54, 1.807) is 7.11 Å². The minimum absolute atomic E-state index is 0.254. The molecular formula is C13H18BrNO2. The van der Waals surface area contributed by atoms with E-state index in [1.807, 2.05) is 6.07 Å². The van der Waals surface area contributed by atoms with Gasteiger partial charge >= 0.3 is 0 Å². The molecule has 0 unspecified atom stereocenters. The molecule has 2 rings (SSSR count). The molecule has 0 atom stereocenters. The van der Waals surface area contributed by atoms with Crippen LogP contribution in [0.2, 0.25) is 0 Å². The van der Waals surface area contributed by atoms with E-state index < -0.39 is 0 Å². The zero-order valence-corrected chi connectivity index (χ0v) is 12.1. The molecule has 0 radical (unpaired) electrons. The van der Waals surface area contributed by atoms with Crippen LogP contribution >= 0.6 is 15.9 Å². The summed E-state index contributed by atoms with van der Waals surface area (Å²) in [7, 11) is 1.70. The monoisotopic (exact) mass is 299 g/mol. The summed E-state index contributed by atoms with van der Waals surface area (Å²) in [6.45, 7) is 6.88. The SMILES string of the molecule is COc1cc(Br)cc(C)c1NCC1(C)COC1. The van der Waals surface area contributed by atoms with Crippen LogP contribution in [0, 0.1) is 12.3 Å². The largest absolute Gasteiger partial charge is 0.495 e. The van der Waals surface area contributed by atoms with E-state index in [-0.39, 0.29) is 5.41 Å². The molecule has 0 saturated carbocycles. The second-order valence-electron chi connectivity index (χ2n) is 4.96. The van der Waals surface area contributed by atoms with Gasteiger partial charge in [0.1, 0.15) is 5.75 Å². The molecule has 1 fully saturated rings. The van der Waals surface area contributed by atoms with Gasteiger partial charge < -0.3 is 14.8 Å². The molecular weight excluding hydrogens is 282 g/mol. The van der Waals surface area contributed by atoms with Gasteiger partial charge in [-0.05, 0) is 24.6 Å². The van der Waals surface area contributed by atoms with E-state index >= 15 is 0 Å². The smallest absolute Gasteiger partial charge is 0.143 e. The summed E-state index contributed by atoms with van der Waals surface area (Å²) in [5.74, 6) is 0.876. The molecule has 0 aromatic heterocycles. The van der Waals surface area contributed by atoms with Crippen LogP contribution in [0.4, 0.5) is 5.69 Å². The number of hydrogen-bond acceptors (Lipinski definition) is 3. The Labute approximate surface area is 111 Å². The number of methoxy groups -OCH3 is 1. The van der Waals surface area contributed by atoms with Crippen LogP contribution in [-0.2, 0) is 4.74 Å². The zero-order chi connectivity index (χ0) is 12.5. The van der Waals surface area contributed by atoms with Gasteiger partial charge in [-0.15, -0.1) is 0 Å². The quantitative estimate of drug-likeness (QED) is 0.926. The number of benzene rings is 1. The fourth-order valence-corrected chi connectivity index (χ4v) is 2.51. The van der Waals surface area contributed by atoms with Gasteiger partial charge in [-0.25, -0.2) is 0 Å². The van der Waals surface area contributed by atoms with E-state index in [9.17, 15) is 0 Å². The first-order chi connectivity index (χ1) is 8.04. The maximum absolute atomic E-state index is 5.40. The van der Waals surface area contributed by atoms with Crippen molar-refractivity contribution in [3.63, 3.8) is 0 Å². The fraction of sp³-hybridized carbons (Fsp3) is 0.538. The van der Waals surface area contributed by atoms with Crippen molar-refractivity contribution >= 4 is 21.6 Å². The zero-order valence-electron chi connectivity index (χ0n) is 10.5. The van der Waals surface area contributed by atoms with Crippen LogP contribution in [0.15, 0.2) is 16.6 Å². The van der Waals surface area contributed by atoms with Gasteiger partial charge in [-0.1, -0.05) is 22.9 Å².